The summed E-state index contributed by atoms with van der Waals surface area (Å²) in [5, 5.41) is 15.4. The molecule has 0 radical (unpaired) electrons. The molecule has 9 heteroatoms. The second-order valence-corrected chi connectivity index (χ2v) is 12.8. The Balaban J connectivity index is 0.996. The molecule has 2 saturated heterocycles. The molecular formula is C42H43N3O6. The van der Waals surface area contributed by atoms with Crippen LogP contribution in [0, 0.1) is 0 Å². The Kier molecular flexibility index (Phi) is 11.3. The molecule has 2 aliphatic heterocycles. The lowest BCUT2D eigenvalue weighted by Gasteiger charge is -2.39. The van der Waals surface area contributed by atoms with Gasteiger partial charge in [-0.3, -0.25) is 4.90 Å². The average Bonchev–Trinajstić information content (AvgIpc) is 3.19. The Morgan fingerprint density at radius 2 is 1.47 bits per heavy atom. The third kappa shape index (κ3) is 9.40. The third-order valence-electron chi connectivity index (χ3n) is 9.14. The lowest BCUT2D eigenvalue weighted by molar-refractivity contribution is -0.253. The molecule has 5 aromatic carbocycles. The highest BCUT2D eigenvalue weighted by molar-refractivity contribution is 5.89. The monoisotopic (exact) mass is 685 g/mol. The van der Waals surface area contributed by atoms with E-state index >= 15 is 0 Å². The van der Waals surface area contributed by atoms with Crippen LogP contribution >= 0.6 is 0 Å². The summed E-state index contributed by atoms with van der Waals surface area (Å²) < 4.78 is 24.7. The number of anilines is 1. The quantitative estimate of drug-likeness (QED) is 0.130. The molecule has 51 heavy (non-hydrogen) atoms. The Hall–Kier alpha value is -5.03. The van der Waals surface area contributed by atoms with Crippen molar-refractivity contribution < 1.29 is 28.8 Å². The van der Waals surface area contributed by atoms with Crippen molar-refractivity contribution in [1.29, 1.82) is 0 Å². The van der Waals surface area contributed by atoms with Gasteiger partial charge >= 0.3 is 6.03 Å². The molecule has 3 N–H and O–H groups in total. The number of amides is 2. The zero-order valence-electron chi connectivity index (χ0n) is 28.4. The zero-order valence-corrected chi connectivity index (χ0v) is 28.4. The van der Waals surface area contributed by atoms with E-state index < -0.39 is 6.29 Å². The van der Waals surface area contributed by atoms with Gasteiger partial charge in [0.05, 0.1) is 32.0 Å². The van der Waals surface area contributed by atoms with E-state index in [1.807, 2.05) is 103 Å². The van der Waals surface area contributed by atoms with Crippen molar-refractivity contribution >= 4 is 11.7 Å². The van der Waals surface area contributed by atoms with Gasteiger partial charge in [-0.1, -0.05) is 78.9 Å². The summed E-state index contributed by atoms with van der Waals surface area (Å²) in [5.41, 5.74) is 6.59. The molecule has 0 saturated carbocycles. The van der Waals surface area contributed by atoms with Crippen molar-refractivity contribution in [3.63, 3.8) is 0 Å². The van der Waals surface area contributed by atoms with Gasteiger partial charge in [0.2, 0.25) is 0 Å². The van der Waals surface area contributed by atoms with Gasteiger partial charge < -0.3 is 34.7 Å². The molecule has 0 aromatic heterocycles. The van der Waals surface area contributed by atoms with Crippen LogP contribution in [0.5, 0.6) is 11.5 Å². The molecular weight excluding hydrogens is 642 g/mol. The Morgan fingerprint density at radius 1 is 0.745 bits per heavy atom. The summed E-state index contributed by atoms with van der Waals surface area (Å²) in [6.45, 7) is 4.43. The molecule has 2 amide bonds. The molecule has 2 heterocycles. The number of carbonyl (C=O) groups is 1. The number of rotatable bonds is 11. The fourth-order valence-corrected chi connectivity index (χ4v) is 6.42. The minimum atomic E-state index is -0.542. The van der Waals surface area contributed by atoms with E-state index in [9.17, 15) is 9.90 Å². The molecule has 0 spiro atoms. The Morgan fingerprint density at radius 3 is 2.24 bits per heavy atom. The highest BCUT2D eigenvalue weighted by atomic mass is 16.7. The number of benzene rings is 5. The molecule has 2 fully saturated rings. The predicted octanol–water partition coefficient (Wildman–Crippen LogP) is 7.84. The van der Waals surface area contributed by atoms with Crippen LogP contribution in [0.15, 0.2) is 127 Å². The van der Waals surface area contributed by atoms with Gasteiger partial charge in [-0.15, -0.1) is 0 Å². The van der Waals surface area contributed by atoms with Gasteiger partial charge in [0.15, 0.2) is 6.29 Å². The van der Waals surface area contributed by atoms with Crippen molar-refractivity contribution in [2.24, 2.45) is 0 Å². The summed E-state index contributed by atoms with van der Waals surface area (Å²) in [7, 11) is 0. The smallest absolute Gasteiger partial charge is 0.319 e. The highest BCUT2D eigenvalue weighted by Crippen LogP contribution is 2.39. The van der Waals surface area contributed by atoms with Crippen LogP contribution in [0.1, 0.15) is 41.1 Å². The summed E-state index contributed by atoms with van der Waals surface area (Å²) in [4.78, 5) is 15.1. The molecule has 9 nitrogen and oxygen atoms in total. The first kappa shape index (κ1) is 34.4. The van der Waals surface area contributed by atoms with Gasteiger partial charge in [-0.05, 0) is 76.3 Å². The van der Waals surface area contributed by atoms with Gasteiger partial charge in [-0.2, -0.15) is 0 Å². The van der Waals surface area contributed by atoms with Gasteiger partial charge in [0.1, 0.15) is 11.5 Å². The minimum absolute atomic E-state index is 0.00886. The first-order valence-corrected chi connectivity index (χ1v) is 17.5. The normalized spacial score (nSPS) is 19.3. The number of urea groups is 1. The largest absolute Gasteiger partial charge is 0.457 e. The molecule has 3 atom stereocenters. The highest BCUT2D eigenvalue weighted by Gasteiger charge is 2.33. The molecule has 2 aliphatic rings. The molecule has 3 unspecified atom stereocenters. The Bertz CT molecular complexity index is 1860. The van der Waals surface area contributed by atoms with E-state index in [1.54, 1.807) is 0 Å². The lowest BCUT2D eigenvalue weighted by Crippen LogP contribution is -2.44. The van der Waals surface area contributed by atoms with Crippen LogP contribution in [-0.2, 0) is 27.4 Å². The van der Waals surface area contributed by atoms with E-state index in [-0.39, 0.29) is 24.8 Å². The number of hydrogen-bond acceptors (Lipinski definition) is 7. The van der Waals surface area contributed by atoms with Crippen molar-refractivity contribution in [1.82, 2.24) is 10.2 Å². The number of nitrogens with one attached hydrogen (secondary N) is 2. The topological polar surface area (TPSA) is 102 Å². The number of para-hydroxylation sites is 1. The van der Waals surface area contributed by atoms with E-state index in [1.165, 1.54) is 0 Å². The van der Waals surface area contributed by atoms with Crippen LogP contribution in [-0.4, -0.2) is 55.0 Å². The maximum Gasteiger partial charge on any atom is 0.319 e. The van der Waals surface area contributed by atoms with E-state index in [4.69, 9.17) is 18.9 Å². The van der Waals surface area contributed by atoms with Gasteiger partial charge in [-0.25, -0.2) is 4.79 Å². The van der Waals surface area contributed by atoms with Gasteiger partial charge in [0, 0.05) is 43.9 Å². The first-order chi connectivity index (χ1) is 25.1. The summed E-state index contributed by atoms with van der Waals surface area (Å²) in [6, 6.07) is 41.0. The number of carbonyl (C=O) groups excluding carboxylic acids is 1. The second-order valence-electron chi connectivity index (χ2n) is 12.8. The number of aliphatic hydroxyl groups is 1. The standard InChI is InChI=1S/C42H43N3O6/c46-29-30-12-14-32(15-13-30)40-26-39(28-45-20-22-48-23-21-45)50-41(51-40)35-9-5-8-34(25-35)33-7-4-6-31(24-33)27-43-42(47)44-36-16-18-38(19-17-36)49-37-10-2-1-3-11-37/h1-19,24-25,39-41,46H,20-23,26-29H2,(H2,43,44,47). The van der Waals surface area contributed by atoms with Crippen LogP contribution in [0.4, 0.5) is 10.5 Å². The second kappa shape index (κ2) is 16.8. The molecule has 262 valence electrons. The predicted molar refractivity (Wildman–Crippen MR) is 196 cm³/mol. The van der Waals surface area contributed by atoms with E-state index in [2.05, 4.69) is 39.8 Å². The summed E-state index contributed by atoms with van der Waals surface area (Å²) in [5.74, 6) is 1.44. The van der Waals surface area contributed by atoms with Crippen molar-refractivity contribution in [2.45, 2.75) is 38.1 Å². The van der Waals surface area contributed by atoms with Crippen molar-refractivity contribution in [2.75, 3.05) is 38.2 Å². The molecule has 7 rings (SSSR count). The van der Waals surface area contributed by atoms with Crippen LogP contribution in [0.3, 0.4) is 0 Å². The maximum absolute atomic E-state index is 12.7. The number of aliphatic hydroxyl groups excluding tert-OH is 1. The Labute approximate surface area is 298 Å². The van der Waals surface area contributed by atoms with Crippen LogP contribution < -0.4 is 15.4 Å². The van der Waals surface area contributed by atoms with E-state index in [0.717, 1.165) is 78.4 Å². The number of ether oxygens (including phenoxy) is 4. The maximum atomic E-state index is 12.7. The molecule has 5 aromatic rings. The summed E-state index contributed by atoms with van der Waals surface area (Å²) in [6.07, 6.45) is 0.0315. The SMILES string of the molecule is O=C(NCc1cccc(-c2cccc(C3OC(CN4CCOCC4)CC(c4ccc(CO)cc4)O3)c2)c1)Nc1ccc(Oc2ccccc2)cc1. The number of morpholine rings is 1. The third-order valence-corrected chi connectivity index (χ3v) is 9.14. The zero-order chi connectivity index (χ0) is 34.8. The molecule has 0 aliphatic carbocycles. The van der Waals surface area contributed by atoms with Crippen molar-refractivity contribution in [3.05, 3.63) is 150 Å². The van der Waals surface area contributed by atoms with E-state index in [0.29, 0.717) is 18.0 Å². The number of nitrogens with zero attached hydrogens (tertiary/aromatic N) is 1. The minimum Gasteiger partial charge on any atom is -0.457 e. The van der Waals surface area contributed by atoms with Crippen LogP contribution in [0.25, 0.3) is 11.1 Å². The average molecular weight is 686 g/mol. The first-order valence-electron chi connectivity index (χ1n) is 17.5. The number of hydrogen-bond donors (Lipinski definition) is 3. The van der Waals surface area contributed by atoms with Crippen molar-refractivity contribution in [3.8, 4) is 22.6 Å². The molecule has 0 bridgehead atoms. The van der Waals surface area contributed by atoms with Crippen LogP contribution in [0.2, 0.25) is 0 Å². The van der Waals surface area contributed by atoms with Gasteiger partial charge in [0.25, 0.3) is 0 Å². The lowest BCUT2D eigenvalue weighted by atomic mass is 9.98. The fraction of sp³-hybridized carbons (Fsp3) is 0.262. The summed E-state index contributed by atoms with van der Waals surface area (Å²) >= 11 is 0. The fourth-order valence-electron chi connectivity index (χ4n) is 6.42.